The summed E-state index contributed by atoms with van der Waals surface area (Å²) in [7, 11) is -0.489. The van der Waals surface area contributed by atoms with Gasteiger partial charge in [-0.15, -0.1) is 0 Å². The molecule has 0 fully saturated rings. The van der Waals surface area contributed by atoms with E-state index in [2.05, 4.69) is 92.7 Å². The molecular formula is C21H21P. The van der Waals surface area contributed by atoms with Gasteiger partial charge in [-0.1, -0.05) is 84.5 Å². The molecule has 0 nitrogen and oxygen atoms in total. The van der Waals surface area contributed by atoms with Crippen LogP contribution in [0, 0.1) is 0 Å². The van der Waals surface area contributed by atoms with Crippen molar-refractivity contribution >= 4 is 18.5 Å². The summed E-state index contributed by atoms with van der Waals surface area (Å²) < 4.78 is 0. The van der Waals surface area contributed by atoms with Gasteiger partial charge in [-0.05, 0) is 49.7 Å². The molecule has 1 aliphatic carbocycles. The Morgan fingerprint density at radius 1 is 0.818 bits per heavy atom. The summed E-state index contributed by atoms with van der Waals surface area (Å²) >= 11 is 0. The van der Waals surface area contributed by atoms with Crippen LogP contribution in [-0.2, 0) is 0 Å². The van der Waals surface area contributed by atoms with Crippen LogP contribution in [0.15, 0.2) is 95.4 Å². The predicted molar refractivity (Wildman–Crippen MR) is 99.3 cm³/mol. The van der Waals surface area contributed by atoms with Gasteiger partial charge in [0.15, 0.2) is 0 Å². The van der Waals surface area contributed by atoms with Gasteiger partial charge < -0.3 is 0 Å². The predicted octanol–water partition coefficient (Wildman–Crippen LogP) is 5.30. The molecule has 0 saturated heterocycles. The summed E-state index contributed by atoms with van der Waals surface area (Å²) in [6.45, 7) is 4.46. The SMILES string of the molecule is CC(C)=C1CC=CC=C1P(c1ccccc1)c1ccccc1. The number of rotatable bonds is 3. The van der Waals surface area contributed by atoms with Crippen molar-refractivity contribution in [2.75, 3.05) is 0 Å². The Balaban J connectivity index is 2.16. The third kappa shape index (κ3) is 3.13. The molecule has 0 aliphatic heterocycles. The Morgan fingerprint density at radius 3 is 1.86 bits per heavy atom. The smallest absolute Gasteiger partial charge is 0.00884 e. The molecule has 0 N–H and O–H groups in total. The summed E-state index contributed by atoms with van der Waals surface area (Å²) in [6, 6.07) is 21.8. The molecule has 22 heavy (non-hydrogen) atoms. The summed E-state index contributed by atoms with van der Waals surface area (Å²) in [5.41, 5.74) is 2.93. The van der Waals surface area contributed by atoms with E-state index in [0.29, 0.717) is 0 Å². The highest BCUT2D eigenvalue weighted by Crippen LogP contribution is 2.49. The van der Waals surface area contributed by atoms with E-state index in [1.807, 2.05) is 0 Å². The maximum absolute atomic E-state index is 2.32. The van der Waals surface area contributed by atoms with Crippen LogP contribution < -0.4 is 10.6 Å². The van der Waals surface area contributed by atoms with Crippen molar-refractivity contribution in [3.63, 3.8) is 0 Å². The van der Waals surface area contributed by atoms with E-state index in [4.69, 9.17) is 0 Å². The van der Waals surface area contributed by atoms with Crippen LogP contribution in [0.4, 0.5) is 0 Å². The second-order valence-electron chi connectivity index (χ2n) is 5.67. The summed E-state index contributed by atoms with van der Waals surface area (Å²) in [6.07, 6.45) is 7.84. The van der Waals surface area contributed by atoms with Gasteiger partial charge in [-0.25, -0.2) is 0 Å². The van der Waals surface area contributed by atoms with E-state index < -0.39 is 7.92 Å². The molecule has 0 radical (unpaired) electrons. The minimum absolute atomic E-state index is 0.489. The maximum Gasteiger partial charge on any atom is -0.00884 e. The summed E-state index contributed by atoms with van der Waals surface area (Å²) in [4.78, 5) is 0. The first-order valence-electron chi connectivity index (χ1n) is 7.71. The average molecular weight is 304 g/mol. The van der Waals surface area contributed by atoms with E-state index in [0.717, 1.165) is 6.42 Å². The molecule has 0 heterocycles. The highest BCUT2D eigenvalue weighted by molar-refractivity contribution is 7.77. The zero-order valence-corrected chi connectivity index (χ0v) is 14.1. The van der Waals surface area contributed by atoms with Crippen molar-refractivity contribution in [1.29, 1.82) is 0 Å². The van der Waals surface area contributed by atoms with Crippen LogP contribution in [0.25, 0.3) is 0 Å². The van der Waals surface area contributed by atoms with Crippen LogP contribution in [0.1, 0.15) is 20.3 Å². The Hall–Kier alpha value is -1.91. The van der Waals surface area contributed by atoms with Crippen LogP contribution in [0.2, 0.25) is 0 Å². The van der Waals surface area contributed by atoms with Crippen molar-refractivity contribution in [2.45, 2.75) is 20.3 Å². The van der Waals surface area contributed by atoms with Crippen molar-refractivity contribution in [3.05, 3.63) is 95.4 Å². The largest absolute Gasteiger partial charge is 0.0801 e. The lowest BCUT2D eigenvalue weighted by molar-refractivity contribution is 1.17. The molecule has 3 rings (SSSR count). The third-order valence-electron chi connectivity index (χ3n) is 3.89. The van der Waals surface area contributed by atoms with Gasteiger partial charge in [0.2, 0.25) is 0 Å². The molecule has 1 heteroatoms. The van der Waals surface area contributed by atoms with Gasteiger partial charge in [0.05, 0.1) is 0 Å². The quantitative estimate of drug-likeness (QED) is 0.675. The minimum Gasteiger partial charge on any atom is -0.0801 e. The molecule has 0 amide bonds. The number of hydrogen-bond acceptors (Lipinski definition) is 0. The molecule has 0 aromatic heterocycles. The zero-order valence-electron chi connectivity index (χ0n) is 13.2. The van der Waals surface area contributed by atoms with E-state index in [9.17, 15) is 0 Å². The van der Waals surface area contributed by atoms with Crippen LogP contribution >= 0.6 is 7.92 Å². The highest BCUT2D eigenvalue weighted by atomic mass is 31.1. The van der Waals surface area contributed by atoms with E-state index >= 15 is 0 Å². The summed E-state index contributed by atoms with van der Waals surface area (Å²) in [5, 5.41) is 4.34. The first-order chi connectivity index (χ1) is 10.8. The van der Waals surface area contributed by atoms with Crippen molar-refractivity contribution < 1.29 is 0 Å². The lowest BCUT2D eigenvalue weighted by Gasteiger charge is -2.26. The summed E-state index contributed by atoms with van der Waals surface area (Å²) in [5.74, 6) is 0. The van der Waals surface area contributed by atoms with Gasteiger partial charge >= 0.3 is 0 Å². The van der Waals surface area contributed by atoms with Crippen LogP contribution in [-0.4, -0.2) is 0 Å². The fourth-order valence-electron chi connectivity index (χ4n) is 2.80. The maximum atomic E-state index is 2.32. The molecule has 2 aromatic rings. The van der Waals surface area contributed by atoms with E-state index in [1.165, 1.54) is 27.1 Å². The minimum atomic E-state index is -0.489. The normalized spacial score (nSPS) is 14.1. The second kappa shape index (κ2) is 6.90. The number of allylic oxidation sites excluding steroid dienone is 6. The first-order valence-corrected chi connectivity index (χ1v) is 9.05. The van der Waals surface area contributed by atoms with Gasteiger partial charge in [0, 0.05) is 0 Å². The molecule has 2 aromatic carbocycles. The number of benzene rings is 2. The van der Waals surface area contributed by atoms with Gasteiger partial charge in [0.1, 0.15) is 0 Å². The van der Waals surface area contributed by atoms with Gasteiger partial charge in [0.25, 0.3) is 0 Å². The van der Waals surface area contributed by atoms with Gasteiger partial charge in [-0.2, -0.15) is 0 Å². The fraction of sp³-hybridized carbons (Fsp3) is 0.143. The van der Waals surface area contributed by atoms with Gasteiger partial charge in [-0.3, -0.25) is 0 Å². The standard InChI is InChI=1S/C21H21P/c1-17(2)20-15-9-10-16-21(20)22(18-11-5-3-6-12-18)19-13-7-4-8-14-19/h3-14,16H,15H2,1-2H3. The zero-order chi connectivity index (χ0) is 15.4. The molecule has 0 spiro atoms. The highest BCUT2D eigenvalue weighted by Gasteiger charge is 2.22. The van der Waals surface area contributed by atoms with Crippen molar-refractivity contribution in [1.82, 2.24) is 0 Å². The number of hydrogen-bond donors (Lipinski definition) is 0. The fourth-order valence-corrected chi connectivity index (χ4v) is 5.42. The molecule has 0 bridgehead atoms. The average Bonchev–Trinajstić information content (AvgIpc) is 2.57. The lowest BCUT2D eigenvalue weighted by Crippen LogP contribution is -2.14. The monoisotopic (exact) mass is 304 g/mol. The molecule has 0 unspecified atom stereocenters. The Kier molecular flexibility index (Phi) is 4.71. The molecule has 0 saturated carbocycles. The van der Waals surface area contributed by atoms with E-state index in [1.54, 1.807) is 0 Å². The third-order valence-corrected chi connectivity index (χ3v) is 6.42. The lowest BCUT2D eigenvalue weighted by atomic mass is 10.0. The molecular weight excluding hydrogens is 283 g/mol. The molecule has 0 atom stereocenters. The topological polar surface area (TPSA) is 0 Å². The Labute approximate surface area is 134 Å². The second-order valence-corrected chi connectivity index (χ2v) is 7.85. The van der Waals surface area contributed by atoms with Crippen LogP contribution in [0.5, 0.6) is 0 Å². The van der Waals surface area contributed by atoms with E-state index in [-0.39, 0.29) is 0 Å². The Morgan fingerprint density at radius 2 is 1.36 bits per heavy atom. The van der Waals surface area contributed by atoms with Crippen molar-refractivity contribution in [3.8, 4) is 0 Å². The molecule has 110 valence electrons. The Bertz CT molecular complexity index is 678. The van der Waals surface area contributed by atoms with Crippen LogP contribution in [0.3, 0.4) is 0 Å². The molecule has 1 aliphatic rings. The first kappa shape index (κ1) is 15.0. The van der Waals surface area contributed by atoms with Crippen molar-refractivity contribution in [2.24, 2.45) is 0 Å².